The Hall–Kier alpha value is 2.41. The first-order valence-corrected chi connectivity index (χ1v) is 62.9. The maximum absolute atomic E-state index is 3.09. The van der Waals surface area contributed by atoms with Crippen molar-refractivity contribution >= 4 is 101 Å². The van der Waals surface area contributed by atoms with Crippen LogP contribution < -0.4 is 0 Å². The van der Waals surface area contributed by atoms with E-state index in [1.807, 2.05) is 21.6 Å². The standard InChI is InChI=1S/C36H84SSi9.2CH3.Bi/c1-38(2,3)34(39(4,5)6,40(7,8)9)30-28-31(35(41(10,11)12,42(13,14)15)43(16,17)18)33(37)32(29-30)36(44(19,20)21,45(22,23)24)46(25,26)27;;;/h28-29,37H,1-27H3;2*1H3;/q;;;+1/p-1. The van der Waals surface area contributed by atoms with E-state index >= 15 is 0 Å². The Balaban J connectivity index is 5.63. The number of hydrogen-bond donors (Lipinski definition) is 0. The average Bonchev–Trinajstić information content (AvgIpc) is 2.66. The Morgan fingerprint density at radius 2 is 0.531 bits per heavy atom. The van der Waals surface area contributed by atoms with Crippen molar-refractivity contribution in [3.8, 4) is 0 Å². The second-order valence-corrected chi connectivity index (χ2v) is 92.5. The van der Waals surface area contributed by atoms with Gasteiger partial charge in [0.25, 0.3) is 0 Å². The molecule has 0 amide bonds. The van der Waals surface area contributed by atoms with Gasteiger partial charge in [-0.25, -0.2) is 0 Å². The van der Waals surface area contributed by atoms with Crippen molar-refractivity contribution in [2.24, 2.45) is 0 Å². The van der Waals surface area contributed by atoms with Gasteiger partial charge in [-0.2, -0.15) is 0 Å². The number of benzene rings is 1. The zero-order valence-electron chi connectivity index (χ0n) is 39.0. The van der Waals surface area contributed by atoms with Crippen LogP contribution in [0.5, 0.6) is 0 Å². The van der Waals surface area contributed by atoms with Gasteiger partial charge in [0, 0.05) is 0 Å². The van der Waals surface area contributed by atoms with Gasteiger partial charge in [-0.15, -0.1) is 0 Å². The van der Waals surface area contributed by atoms with E-state index in [0.717, 1.165) is 0 Å². The number of hydrogen-bond acceptors (Lipinski definition) is 1. The Morgan fingerprint density at radius 1 is 0.347 bits per heavy atom. The van der Waals surface area contributed by atoms with Crippen molar-refractivity contribution in [1.82, 2.24) is 0 Å². The van der Waals surface area contributed by atoms with Gasteiger partial charge in [-0.05, 0) is 0 Å². The molecule has 0 nitrogen and oxygen atoms in total. The van der Waals surface area contributed by atoms with Crippen LogP contribution in [0.15, 0.2) is 17.0 Å². The second-order valence-electron chi connectivity index (χ2n) is 25.3. The van der Waals surface area contributed by atoms with Crippen molar-refractivity contribution in [2.45, 2.75) is 204 Å². The van der Waals surface area contributed by atoms with E-state index in [1.165, 1.54) is 0 Å². The molecule has 0 saturated heterocycles. The summed E-state index contributed by atoms with van der Waals surface area (Å²) in [7, 11) is -13.3. The van der Waals surface area contributed by atoms with Gasteiger partial charge in [0.1, 0.15) is 0 Å². The molecule has 0 spiro atoms. The summed E-state index contributed by atoms with van der Waals surface area (Å²) in [6.45, 7) is 75.8. The van der Waals surface area contributed by atoms with Crippen molar-refractivity contribution in [2.75, 3.05) is 0 Å². The van der Waals surface area contributed by atoms with E-state index < -0.39 is 93.0 Å². The average molecular weight is 1040 g/mol. The summed E-state index contributed by atoms with van der Waals surface area (Å²) in [6, 6.07) is 6.18. The molecule has 0 fully saturated rings. The Bertz CT molecular complexity index is 1140. The van der Waals surface area contributed by atoms with Gasteiger partial charge < -0.3 is 0 Å². The SMILES string of the molecule is [CH3][Bi]([CH3])[S]c1c(C([Si](C)(C)C)([Si](C)(C)C)[Si](C)(C)C)cc(C([Si](C)(C)C)([Si](C)(C)C)[Si](C)(C)C)cc1C([Si](C)(C)C)([Si](C)(C)C)[Si](C)(C)C. The quantitative estimate of drug-likeness (QED) is 0.167. The summed E-state index contributed by atoms with van der Waals surface area (Å²) in [4.78, 5) is 1.89. The maximum atomic E-state index is 3.09. The Morgan fingerprint density at radius 3 is 0.673 bits per heavy atom. The predicted molar refractivity (Wildman–Crippen MR) is 265 cm³/mol. The van der Waals surface area contributed by atoms with Crippen LogP contribution >= 0.6 is 8.52 Å². The van der Waals surface area contributed by atoms with Gasteiger partial charge in [0.05, 0.1) is 0 Å². The zero-order valence-corrected chi connectivity index (χ0v) is 52.3. The molecular formula is C38H89BiSSi9. The van der Waals surface area contributed by atoms with E-state index in [2.05, 4.69) is 207 Å². The fourth-order valence-corrected chi connectivity index (χ4v) is 114. The Labute approximate surface area is 330 Å². The Kier molecular flexibility index (Phi) is 14.5. The molecule has 1 aromatic carbocycles. The monoisotopic (exact) mass is 1040 g/mol. The third-order valence-electron chi connectivity index (χ3n) is 12.7. The predicted octanol–water partition coefficient (Wildman–Crippen LogP) is 14.6. The molecule has 1 aromatic rings. The molecule has 0 bridgehead atoms. The van der Waals surface area contributed by atoms with Crippen LogP contribution in [0, 0.1) is 0 Å². The van der Waals surface area contributed by atoms with Gasteiger partial charge in [0.15, 0.2) is 0 Å². The fourth-order valence-electron chi connectivity index (χ4n) is 15.5. The van der Waals surface area contributed by atoms with E-state index in [0.29, 0.717) is 12.9 Å². The summed E-state index contributed by atoms with van der Waals surface area (Å²) in [5.41, 5.74) is 5.77. The van der Waals surface area contributed by atoms with Gasteiger partial charge in [-0.1, -0.05) is 0 Å². The van der Waals surface area contributed by atoms with E-state index in [4.69, 9.17) is 0 Å². The van der Waals surface area contributed by atoms with Crippen LogP contribution in [0.2, 0.25) is 186 Å². The molecule has 0 atom stereocenters. The molecule has 0 unspecified atom stereocenters. The molecule has 49 heavy (non-hydrogen) atoms. The van der Waals surface area contributed by atoms with E-state index in [-0.39, 0.29) is 0 Å². The van der Waals surface area contributed by atoms with Crippen molar-refractivity contribution in [3.05, 3.63) is 28.8 Å². The summed E-state index contributed by atoms with van der Waals surface area (Å²) >= 11 is -1.79. The molecular weight excluding hydrogens is 950 g/mol. The normalized spacial score (nSPS) is 16.1. The van der Waals surface area contributed by atoms with Crippen LogP contribution in [-0.4, -0.2) is 93.0 Å². The third kappa shape index (κ3) is 8.01. The summed E-state index contributed by atoms with van der Waals surface area (Å²) in [6.07, 6.45) is 0. The first kappa shape index (κ1) is 49.4. The molecule has 0 aromatic heterocycles. The van der Waals surface area contributed by atoms with Crippen LogP contribution in [-0.2, 0) is 12.9 Å². The van der Waals surface area contributed by atoms with Crippen LogP contribution in [0.25, 0.3) is 0 Å². The molecule has 0 saturated carbocycles. The minimum atomic E-state index is -1.79. The third-order valence-corrected chi connectivity index (χ3v) is 83.3. The van der Waals surface area contributed by atoms with E-state index in [9.17, 15) is 0 Å². The van der Waals surface area contributed by atoms with Crippen LogP contribution in [0.1, 0.15) is 16.7 Å². The van der Waals surface area contributed by atoms with Gasteiger partial charge >= 0.3 is 334 Å². The first-order valence-electron chi connectivity index (χ1n) is 19.4. The van der Waals surface area contributed by atoms with Crippen LogP contribution in [0.3, 0.4) is 0 Å². The molecule has 1 rings (SSSR count). The molecule has 0 heterocycles. The summed E-state index contributed by atoms with van der Waals surface area (Å²) < 4.78 is 6.52. The first-order chi connectivity index (χ1) is 20.9. The molecule has 0 aliphatic carbocycles. The summed E-state index contributed by atoms with van der Waals surface area (Å²) in [5, 5.41) is 0. The zero-order chi connectivity index (χ0) is 40.0. The van der Waals surface area contributed by atoms with Crippen molar-refractivity contribution in [3.63, 3.8) is 0 Å². The molecule has 288 valence electrons. The molecule has 0 aliphatic heterocycles. The van der Waals surface area contributed by atoms with Crippen molar-refractivity contribution < 1.29 is 0 Å². The molecule has 0 aliphatic rings. The molecule has 0 N–H and O–H groups in total. The minimum absolute atomic E-state index is 0.369. The van der Waals surface area contributed by atoms with Crippen LogP contribution in [0.4, 0.5) is 0 Å². The molecule has 11 heteroatoms. The van der Waals surface area contributed by atoms with Gasteiger partial charge in [-0.3, -0.25) is 0 Å². The topological polar surface area (TPSA) is 0 Å². The van der Waals surface area contributed by atoms with Gasteiger partial charge in [0.2, 0.25) is 0 Å². The fraction of sp³-hybridized carbons (Fsp3) is 0.842. The van der Waals surface area contributed by atoms with E-state index in [1.54, 1.807) is 0 Å². The summed E-state index contributed by atoms with van der Waals surface area (Å²) in [5.74, 6) is 0. The second kappa shape index (κ2) is 14.4. The number of rotatable bonds is 14. The van der Waals surface area contributed by atoms with Crippen molar-refractivity contribution in [1.29, 1.82) is 0 Å². The molecule has 0 radical (unpaired) electrons.